The van der Waals surface area contributed by atoms with Crippen molar-refractivity contribution >= 4 is 23.3 Å². The summed E-state index contributed by atoms with van der Waals surface area (Å²) in [5, 5.41) is 0. The molecule has 1 aromatic heterocycles. The fourth-order valence-corrected chi connectivity index (χ4v) is 3.28. The van der Waals surface area contributed by atoms with E-state index in [1.54, 1.807) is 0 Å². The summed E-state index contributed by atoms with van der Waals surface area (Å²) < 4.78 is 16.0. The third-order valence-electron chi connectivity index (χ3n) is 3.90. The monoisotopic (exact) mass is 279 g/mol. The molecule has 0 amide bonds. The lowest BCUT2D eigenvalue weighted by Gasteiger charge is -2.29. The van der Waals surface area contributed by atoms with Crippen molar-refractivity contribution in [3.05, 3.63) is 28.8 Å². The van der Waals surface area contributed by atoms with Gasteiger partial charge in [-0.05, 0) is 62.8 Å². The van der Waals surface area contributed by atoms with E-state index in [1.165, 1.54) is 31.5 Å². The summed E-state index contributed by atoms with van der Waals surface area (Å²) >= 11 is 5.37. The fraction of sp³-hybridized carbons (Fsp3) is 0.500. The van der Waals surface area contributed by atoms with Crippen LogP contribution >= 0.6 is 12.2 Å². The number of benzene rings is 1. The lowest BCUT2D eigenvalue weighted by atomic mass is 9.98. The molecule has 1 aliphatic heterocycles. The predicted octanol–water partition coefficient (Wildman–Crippen LogP) is 3.18. The number of halogens is 1. The fourth-order valence-electron chi connectivity index (χ4n) is 3.00. The summed E-state index contributed by atoms with van der Waals surface area (Å²) in [6, 6.07) is 4.81. The third kappa shape index (κ3) is 2.58. The molecule has 1 unspecified atom stereocenters. The standard InChI is InChI=1S/C14H18FN3S/c1-17-6-2-3-10(8-17)9-18-13-5-4-11(15)7-12(13)16-14(18)19/h4-5,7,10H,2-3,6,8-9H2,1H3,(H,16,19). The van der Waals surface area contributed by atoms with E-state index in [4.69, 9.17) is 12.2 Å². The lowest BCUT2D eigenvalue weighted by molar-refractivity contribution is 0.195. The number of hydrogen-bond acceptors (Lipinski definition) is 2. The summed E-state index contributed by atoms with van der Waals surface area (Å²) in [6.45, 7) is 3.20. The average Bonchev–Trinajstić information content (AvgIpc) is 2.65. The Labute approximate surface area is 117 Å². The molecule has 0 aliphatic carbocycles. The van der Waals surface area contributed by atoms with E-state index in [2.05, 4.69) is 21.5 Å². The molecule has 0 bridgehead atoms. The number of aromatic amines is 1. The van der Waals surface area contributed by atoms with Gasteiger partial charge >= 0.3 is 0 Å². The van der Waals surface area contributed by atoms with Crippen molar-refractivity contribution in [2.75, 3.05) is 20.1 Å². The minimum absolute atomic E-state index is 0.228. The molecule has 0 radical (unpaired) electrons. The zero-order valence-electron chi connectivity index (χ0n) is 11.0. The second-order valence-electron chi connectivity index (χ2n) is 5.47. The molecule has 1 saturated heterocycles. The molecule has 0 saturated carbocycles. The van der Waals surface area contributed by atoms with Crippen molar-refractivity contribution in [2.24, 2.45) is 5.92 Å². The van der Waals surface area contributed by atoms with Crippen molar-refractivity contribution in [1.82, 2.24) is 14.5 Å². The SMILES string of the molecule is CN1CCCC(Cn2c(=S)[nH]c3cc(F)ccc32)C1. The first-order valence-corrected chi connectivity index (χ1v) is 7.11. The van der Waals surface area contributed by atoms with Crippen LogP contribution in [0, 0.1) is 16.5 Å². The largest absolute Gasteiger partial charge is 0.330 e. The third-order valence-corrected chi connectivity index (χ3v) is 4.22. The van der Waals surface area contributed by atoms with Crippen LogP contribution in [0.3, 0.4) is 0 Å². The molecule has 2 heterocycles. The van der Waals surface area contributed by atoms with E-state index in [-0.39, 0.29) is 5.82 Å². The van der Waals surface area contributed by atoms with Gasteiger partial charge in [0.05, 0.1) is 11.0 Å². The van der Waals surface area contributed by atoms with Crippen LogP contribution in [-0.2, 0) is 6.54 Å². The molecule has 1 atom stereocenters. The highest BCUT2D eigenvalue weighted by Crippen LogP contribution is 2.21. The van der Waals surface area contributed by atoms with Crippen LogP contribution in [-0.4, -0.2) is 34.6 Å². The lowest BCUT2D eigenvalue weighted by Crippen LogP contribution is -2.34. The van der Waals surface area contributed by atoms with Crippen molar-refractivity contribution in [3.8, 4) is 0 Å². The van der Waals surface area contributed by atoms with Gasteiger partial charge in [-0.3, -0.25) is 0 Å². The van der Waals surface area contributed by atoms with Gasteiger partial charge in [0.25, 0.3) is 0 Å². The van der Waals surface area contributed by atoms with E-state index >= 15 is 0 Å². The van der Waals surface area contributed by atoms with Gasteiger partial charge in [0.2, 0.25) is 0 Å². The number of fused-ring (bicyclic) bond motifs is 1. The molecule has 3 rings (SSSR count). The van der Waals surface area contributed by atoms with Crippen LogP contribution in [0.4, 0.5) is 4.39 Å². The Bertz CT molecular complexity index is 646. The van der Waals surface area contributed by atoms with Gasteiger partial charge in [-0.1, -0.05) is 0 Å². The Balaban J connectivity index is 1.92. The van der Waals surface area contributed by atoms with Gasteiger partial charge in [0.15, 0.2) is 4.77 Å². The summed E-state index contributed by atoms with van der Waals surface area (Å²) in [6.07, 6.45) is 2.48. The first-order chi connectivity index (χ1) is 9.13. The molecule has 0 spiro atoms. The maximum Gasteiger partial charge on any atom is 0.178 e. The molecule has 2 aromatic rings. The number of imidazole rings is 1. The Kier molecular flexibility index (Phi) is 3.41. The summed E-state index contributed by atoms with van der Waals surface area (Å²) in [5.41, 5.74) is 1.79. The first-order valence-electron chi connectivity index (χ1n) is 6.70. The molecule has 1 aliphatic rings. The number of nitrogens with one attached hydrogen (secondary N) is 1. The summed E-state index contributed by atoms with van der Waals surface area (Å²) in [7, 11) is 2.16. The van der Waals surface area contributed by atoms with Crippen LogP contribution in [0.1, 0.15) is 12.8 Å². The number of rotatable bonds is 2. The van der Waals surface area contributed by atoms with Crippen LogP contribution in [0.5, 0.6) is 0 Å². The van der Waals surface area contributed by atoms with E-state index in [0.29, 0.717) is 10.7 Å². The van der Waals surface area contributed by atoms with E-state index < -0.39 is 0 Å². The van der Waals surface area contributed by atoms with Crippen molar-refractivity contribution in [3.63, 3.8) is 0 Å². The van der Waals surface area contributed by atoms with Crippen LogP contribution in [0.15, 0.2) is 18.2 Å². The van der Waals surface area contributed by atoms with Gasteiger partial charge in [-0.25, -0.2) is 4.39 Å². The normalized spacial score (nSPS) is 21.1. The Morgan fingerprint density at radius 1 is 1.47 bits per heavy atom. The summed E-state index contributed by atoms with van der Waals surface area (Å²) in [4.78, 5) is 5.46. The minimum Gasteiger partial charge on any atom is -0.330 e. The number of likely N-dealkylation sites (tertiary alicyclic amines) is 1. The van der Waals surface area contributed by atoms with Gasteiger partial charge in [-0.15, -0.1) is 0 Å². The van der Waals surface area contributed by atoms with Gasteiger partial charge in [0.1, 0.15) is 5.82 Å². The highest BCUT2D eigenvalue weighted by molar-refractivity contribution is 7.71. The molecule has 102 valence electrons. The highest BCUT2D eigenvalue weighted by atomic mass is 32.1. The first kappa shape index (κ1) is 12.8. The quantitative estimate of drug-likeness (QED) is 0.854. The molecular formula is C14H18FN3S. The molecular weight excluding hydrogens is 261 g/mol. The van der Waals surface area contributed by atoms with Crippen LogP contribution in [0.2, 0.25) is 0 Å². The maximum absolute atomic E-state index is 13.2. The molecule has 19 heavy (non-hydrogen) atoms. The number of aromatic nitrogens is 2. The molecule has 1 aromatic carbocycles. The second kappa shape index (κ2) is 5.06. The van der Waals surface area contributed by atoms with Crippen molar-refractivity contribution in [1.29, 1.82) is 0 Å². The Hall–Kier alpha value is -1.20. The van der Waals surface area contributed by atoms with Crippen LogP contribution in [0.25, 0.3) is 11.0 Å². The minimum atomic E-state index is -0.228. The maximum atomic E-state index is 13.2. The van der Waals surface area contributed by atoms with Gasteiger partial charge < -0.3 is 14.5 Å². The van der Waals surface area contributed by atoms with E-state index in [0.717, 1.165) is 24.1 Å². The van der Waals surface area contributed by atoms with E-state index in [9.17, 15) is 4.39 Å². The Morgan fingerprint density at radius 3 is 3.11 bits per heavy atom. The molecule has 1 N–H and O–H groups in total. The van der Waals surface area contributed by atoms with Crippen LogP contribution < -0.4 is 0 Å². The van der Waals surface area contributed by atoms with Gasteiger partial charge in [-0.2, -0.15) is 0 Å². The zero-order chi connectivity index (χ0) is 13.4. The van der Waals surface area contributed by atoms with E-state index in [1.807, 2.05) is 6.07 Å². The molecule has 5 heteroatoms. The van der Waals surface area contributed by atoms with Crippen molar-refractivity contribution < 1.29 is 4.39 Å². The zero-order valence-corrected chi connectivity index (χ0v) is 11.8. The second-order valence-corrected chi connectivity index (χ2v) is 5.86. The smallest absolute Gasteiger partial charge is 0.178 e. The predicted molar refractivity (Wildman–Crippen MR) is 77.3 cm³/mol. The number of hydrogen-bond donors (Lipinski definition) is 1. The average molecular weight is 279 g/mol. The number of nitrogens with zero attached hydrogens (tertiary/aromatic N) is 2. The number of piperidine rings is 1. The highest BCUT2D eigenvalue weighted by Gasteiger charge is 2.18. The topological polar surface area (TPSA) is 24.0 Å². The van der Waals surface area contributed by atoms with Crippen molar-refractivity contribution in [2.45, 2.75) is 19.4 Å². The number of H-pyrrole nitrogens is 1. The Morgan fingerprint density at radius 2 is 2.32 bits per heavy atom. The summed E-state index contributed by atoms with van der Waals surface area (Å²) in [5.74, 6) is 0.391. The molecule has 3 nitrogen and oxygen atoms in total. The van der Waals surface area contributed by atoms with Gasteiger partial charge in [0, 0.05) is 13.1 Å². The molecule has 1 fully saturated rings.